The predicted molar refractivity (Wildman–Crippen MR) is 42.5 cm³/mol. The minimum absolute atomic E-state index is 0.0319. The van der Waals surface area contributed by atoms with Crippen molar-refractivity contribution in [3.8, 4) is 0 Å². The van der Waals surface area contributed by atoms with Gasteiger partial charge in [0.25, 0.3) is 0 Å². The fourth-order valence-electron chi connectivity index (χ4n) is 0.795. The summed E-state index contributed by atoms with van der Waals surface area (Å²) in [5.41, 5.74) is 4.02. The van der Waals surface area contributed by atoms with Crippen LogP contribution in [0, 0.1) is 5.92 Å². The molecule has 0 heterocycles. The summed E-state index contributed by atoms with van der Waals surface area (Å²) in [7, 11) is 0. The first-order valence-electron chi connectivity index (χ1n) is 3.56. The average molecular weight is 145 g/mol. The molecular weight excluding hydrogens is 129 g/mol. The molecule has 0 aliphatic rings. The monoisotopic (exact) mass is 145 g/mol. The zero-order chi connectivity index (χ0) is 8.20. The van der Waals surface area contributed by atoms with E-state index in [-0.39, 0.29) is 12.5 Å². The Morgan fingerprint density at radius 2 is 2.20 bits per heavy atom. The minimum Gasteiger partial charge on any atom is -0.328 e. The number of alkyl halides is 1. The maximum absolute atomic E-state index is 13.4. The van der Waals surface area contributed by atoms with Gasteiger partial charge >= 0.3 is 0 Å². The lowest BCUT2D eigenvalue weighted by Crippen LogP contribution is -2.37. The van der Waals surface area contributed by atoms with Crippen LogP contribution in [0.1, 0.15) is 20.3 Å². The highest BCUT2D eigenvalue weighted by Crippen LogP contribution is 2.24. The van der Waals surface area contributed by atoms with Crippen molar-refractivity contribution in [2.24, 2.45) is 11.7 Å². The number of hydrogen-bond donors (Lipinski definition) is 1. The van der Waals surface area contributed by atoms with E-state index in [9.17, 15) is 4.39 Å². The molecule has 0 radical (unpaired) electrons. The molecular formula is C8H16FN. The van der Waals surface area contributed by atoms with E-state index in [1.807, 2.05) is 13.8 Å². The Hall–Kier alpha value is -0.370. The van der Waals surface area contributed by atoms with Gasteiger partial charge in [-0.2, -0.15) is 0 Å². The van der Waals surface area contributed by atoms with Crippen molar-refractivity contribution in [2.75, 3.05) is 6.54 Å². The first kappa shape index (κ1) is 9.63. The molecule has 0 aromatic carbocycles. The smallest absolute Gasteiger partial charge is 0.128 e. The van der Waals surface area contributed by atoms with Crippen LogP contribution in [-0.4, -0.2) is 12.2 Å². The Labute approximate surface area is 62.1 Å². The van der Waals surface area contributed by atoms with Crippen LogP contribution >= 0.6 is 0 Å². The molecule has 1 unspecified atom stereocenters. The summed E-state index contributed by atoms with van der Waals surface area (Å²) in [5.74, 6) is -0.0319. The highest BCUT2D eigenvalue weighted by atomic mass is 19.1. The van der Waals surface area contributed by atoms with Gasteiger partial charge in [0, 0.05) is 13.0 Å². The van der Waals surface area contributed by atoms with Gasteiger partial charge in [0.05, 0.1) is 0 Å². The average Bonchev–Trinajstić information content (AvgIpc) is 1.88. The van der Waals surface area contributed by atoms with Crippen molar-refractivity contribution in [3.05, 3.63) is 12.7 Å². The van der Waals surface area contributed by atoms with Gasteiger partial charge in [0.2, 0.25) is 0 Å². The van der Waals surface area contributed by atoms with Gasteiger partial charge in [-0.25, -0.2) is 4.39 Å². The molecule has 0 fully saturated rings. The van der Waals surface area contributed by atoms with E-state index in [1.165, 1.54) is 0 Å². The number of allylic oxidation sites excluding steroid dienone is 1. The molecule has 0 amide bonds. The van der Waals surface area contributed by atoms with Gasteiger partial charge in [-0.15, -0.1) is 6.58 Å². The number of hydrogen-bond acceptors (Lipinski definition) is 1. The standard InChI is InChI=1S/C8H16FN/c1-4-5-8(9,6-10)7(2)3/h4,7H,1,5-6,10H2,2-3H3. The summed E-state index contributed by atoms with van der Waals surface area (Å²) in [5, 5.41) is 0. The maximum Gasteiger partial charge on any atom is 0.128 e. The number of nitrogens with two attached hydrogens (primary N) is 1. The van der Waals surface area contributed by atoms with Gasteiger partial charge in [-0.05, 0) is 5.92 Å². The Bertz CT molecular complexity index is 112. The Kier molecular flexibility index (Phi) is 3.58. The summed E-state index contributed by atoms with van der Waals surface area (Å²) >= 11 is 0. The van der Waals surface area contributed by atoms with Crippen LogP contribution in [0.15, 0.2) is 12.7 Å². The van der Waals surface area contributed by atoms with E-state index >= 15 is 0 Å². The van der Waals surface area contributed by atoms with E-state index in [2.05, 4.69) is 6.58 Å². The maximum atomic E-state index is 13.4. The molecule has 1 nitrogen and oxygen atoms in total. The lowest BCUT2D eigenvalue weighted by atomic mass is 9.89. The molecule has 0 spiro atoms. The zero-order valence-corrected chi connectivity index (χ0v) is 6.73. The number of rotatable bonds is 4. The van der Waals surface area contributed by atoms with Crippen molar-refractivity contribution in [2.45, 2.75) is 25.9 Å². The molecule has 0 bridgehead atoms. The van der Waals surface area contributed by atoms with Crippen molar-refractivity contribution < 1.29 is 4.39 Å². The highest BCUT2D eigenvalue weighted by Gasteiger charge is 2.29. The molecule has 60 valence electrons. The summed E-state index contributed by atoms with van der Waals surface area (Å²) in [6.45, 7) is 7.22. The molecule has 0 saturated heterocycles. The van der Waals surface area contributed by atoms with E-state index in [4.69, 9.17) is 5.73 Å². The Balaban J connectivity index is 4.07. The van der Waals surface area contributed by atoms with E-state index in [1.54, 1.807) is 6.08 Å². The first-order valence-corrected chi connectivity index (χ1v) is 3.56. The summed E-state index contributed by atoms with van der Waals surface area (Å²) in [4.78, 5) is 0. The summed E-state index contributed by atoms with van der Waals surface area (Å²) in [6, 6.07) is 0. The van der Waals surface area contributed by atoms with Crippen molar-refractivity contribution >= 4 is 0 Å². The minimum atomic E-state index is -1.25. The Morgan fingerprint density at radius 3 is 2.30 bits per heavy atom. The fraction of sp³-hybridized carbons (Fsp3) is 0.750. The zero-order valence-electron chi connectivity index (χ0n) is 6.73. The van der Waals surface area contributed by atoms with Crippen LogP contribution in [0.25, 0.3) is 0 Å². The molecule has 0 aromatic heterocycles. The largest absolute Gasteiger partial charge is 0.328 e. The van der Waals surface area contributed by atoms with Gasteiger partial charge < -0.3 is 5.73 Å². The summed E-state index contributed by atoms with van der Waals surface area (Å²) < 4.78 is 13.4. The van der Waals surface area contributed by atoms with Gasteiger partial charge in [0.15, 0.2) is 0 Å². The molecule has 2 N–H and O–H groups in total. The lowest BCUT2D eigenvalue weighted by Gasteiger charge is -2.26. The quantitative estimate of drug-likeness (QED) is 0.600. The third-order valence-corrected chi connectivity index (χ3v) is 1.86. The van der Waals surface area contributed by atoms with Crippen LogP contribution in [0.3, 0.4) is 0 Å². The lowest BCUT2D eigenvalue weighted by molar-refractivity contribution is 0.114. The van der Waals surface area contributed by atoms with Crippen molar-refractivity contribution in [1.29, 1.82) is 0 Å². The molecule has 0 aliphatic heterocycles. The van der Waals surface area contributed by atoms with E-state index in [0.29, 0.717) is 6.42 Å². The summed E-state index contributed by atoms with van der Waals surface area (Å²) in [6.07, 6.45) is 1.92. The SMILES string of the molecule is C=CCC(F)(CN)C(C)C. The van der Waals surface area contributed by atoms with E-state index < -0.39 is 5.67 Å². The molecule has 0 aromatic rings. The second-order valence-electron chi connectivity index (χ2n) is 2.89. The molecule has 0 aliphatic carbocycles. The fourth-order valence-corrected chi connectivity index (χ4v) is 0.795. The van der Waals surface area contributed by atoms with E-state index in [0.717, 1.165) is 0 Å². The predicted octanol–water partition coefficient (Wildman–Crippen LogP) is 1.89. The van der Waals surface area contributed by atoms with Gasteiger partial charge in [-0.1, -0.05) is 19.9 Å². The third kappa shape index (κ3) is 2.10. The van der Waals surface area contributed by atoms with Crippen LogP contribution in [-0.2, 0) is 0 Å². The highest BCUT2D eigenvalue weighted by molar-refractivity contribution is 4.90. The molecule has 1 atom stereocenters. The molecule has 0 saturated carbocycles. The van der Waals surface area contributed by atoms with Crippen LogP contribution in [0.4, 0.5) is 4.39 Å². The number of halogens is 1. The van der Waals surface area contributed by atoms with Crippen molar-refractivity contribution in [3.63, 3.8) is 0 Å². The normalized spacial score (nSPS) is 16.9. The van der Waals surface area contributed by atoms with Crippen LogP contribution in [0.2, 0.25) is 0 Å². The molecule has 2 heteroatoms. The molecule has 10 heavy (non-hydrogen) atoms. The second-order valence-corrected chi connectivity index (χ2v) is 2.89. The third-order valence-electron chi connectivity index (χ3n) is 1.86. The second kappa shape index (κ2) is 3.71. The van der Waals surface area contributed by atoms with Crippen LogP contribution < -0.4 is 5.73 Å². The van der Waals surface area contributed by atoms with Gasteiger partial charge in [-0.3, -0.25) is 0 Å². The van der Waals surface area contributed by atoms with Gasteiger partial charge in [0.1, 0.15) is 5.67 Å². The van der Waals surface area contributed by atoms with Crippen LogP contribution in [0.5, 0.6) is 0 Å². The topological polar surface area (TPSA) is 26.0 Å². The van der Waals surface area contributed by atoms with Crippen molar-refractivity contribution in [1.82, 2.24) is 0 Å². The Morgan fingerprint density at radius 1 is 1.70 bits per heavy atom. The first-order chi connectivity index (χ1) is 4.56. The molecule has 0 rings (SSSR count).